The van der Waals surface area contributed by atoms with Crippen LogP contribution in [-0.4, -0.2) is 16.5 Å². The Labute approximate surface area is 86.0 Å². The first-order valence-electron chi connectivity index (χ1n) is 4.27. The number of nitro groups is 1. The average molecular weight is 213 g/mol. The van der Waals surface area contributed by atoms with Crippen LogP contribution in [0.1, 0.15) is 31.3 Å². The summed E-state index contributed by atoms with van der Waals surface area (Å²) in [4.78, 5) is 20.9. The third-order valence-electron chi connectivity index (χ3n) is 1.37. The molecule has 1 rings (SSSR count). The average Bonchev–Trinajstić information content (AvgIpc) is 2.47. The summed E-state index contributed by atoms with van der Waals surface area (Å²) in [5, 5.41) is 10.3. The molecule has 0 spiro atoms. The van der Waals surface area contributed by atoms with Crippen molar-refractivity contribution in [1.29, 1.82) is 0 Å². The van der Waals surface area contributed by atoms with Gasteiger partial charge in [0, 0.05) is 0 Å². The minimum Gasteiger partial charge on any atom is -0.454 e. The lowest BCUT2D eigenvalue weighted by Gasteiger charge is -2.18. The van der Waals surface area contributed by atoms with E-state index in [1.54, 1.807) is 20.8 Å². The molecule has 0 radical (unpaired) electrons. The molecule has 6 heteroatoms. The molecule has 0 bridgehead atoms. The van der Waals surface area contributed by atoms with Crippen LogP contribution in [0.25, 0.3) is 0 Å². The molecule has 1 aromatic rings. The molecular weight excluding hydrogens is 202 g/mol. The third kappa shape index (κ3) is 3.08. The monoisotopic (exact) mass is 213 g/mol. The van der Waals surface area contributed by atoms with E-state index in [-0.39, 0.29) is 5.76 Å². The highest BCUT2D eigenvalue weighted by molar-refractivity contribution is 5.86. The zero-order chi connectivity index (χ0) is 11.6. The van der Waals surface area contributed by atoms with Crippen molar-refractivity contribution < 1.29 is 18.9 Å². The molecule has 0 fully saturated rings. The zero-order valence-corrected chi connectivity index (χ0v) is 8.64. The van der Waals surface area contributed by atoms with Gasteiger partial charge < -0.3 is 9.15 Å². The van der Waals surface area contributed by atoms with Crippen molar-refractivity contribution >= 4 is 11.9 Å². The van der Waals surface area contributed by atoms with Crippen LogP contribution in [0.2, 0.25) is 0 Å². The largest absolute Gasteiger partial charge is 0.454 e. The van der Waals surface area contributed by atoms with Gasteiger partial charge in [-0.25, -0.2) is 4.79 Å². The first-order chi connectivity index (χ1) is 6.79. The van der Waals surface area contributed by atoms with Crippen molar-refractivity contribution in [3.05, 3.63) is 28.0 Å². The normalized spacial score (nSPS) is 11.1. The number of esters is 1. The van der Waals surface area contributed by atoms with E-state index in [2.05, 4.69) is 4.42 Å². The van der Waals surface area contributed by atoms with Crippen molar-refractivity contribution in [3.8, 4) is 0 Å². The number of hydrogen-bond donors (Lipinski definition) is 0. The van der Waals surface area contributed by atoms with Gasteiger partial charge in [0.2, 0.25) is 5.76 Å². The molecule has 0 amide bonds. The number of nitrogens with zero attached hydrogens (tertiary/aromatic N) is 1. The molecule has 0 N–H and O–H groups in total. The van der Waals surface area contributed by atoms with Gasteiger partial charge in [-0.05, 0) is 26.8 Å². The summed E-state index contributed by atoms with van der Waals surface area (Å²) in [6, 6.07) is 2.32. The van der Waals surface area contributed by atoms with Gasteiger partial charge in [0.15, 0.2) is 0 Å². The molecule has 0 saturated carbocycles. The van der Waals surface area contributed by atoms with Crippen LogP contribution in [0.15, 0.2) is 16.5 Å². The van der Waals surface area contributed by atoms with Crippen LogP contribution in [-0.2, 0) is 4.74 Å². The topological polar surface area (TPSA) is 82.6 Å². The van der Waals surface area contributed by atoms with Crippen LogP contribution < -0.4 is 0 Å². The Bertz CT molecular complexity index is 387. The van der Waals surface area contributed by atoms with Crippen molar-refractivity contribution in [2.75, 3.05) is 0 Å². The van der Waals surface area contributed by atoms with E-state index in [9.17, 15) is 14.9 Å². The zero-order valence-electron chi connectivity index (χ0n) is 8.64. The summed E-state index contributed by atoms with van der Waals surface area (Å²) in [5.41, 5.74) is -0.654. The predicted molar refractivity (Wildman–Crippen MR) is 50.5 cm³/mol. The van der Waals surface area contributed by atoms with Crippen LogP contribution in [0.5, 0.6) is 0 Å². The van der Waals surface area contributed by atoms with E-state index in [4.69, 9.17) is 4.74 Å². The van der Waals surface area contributed by atoms with Crippen LogP contribution in [0.4, 0.5) is 5.88 Å². The smallest absolute Gasteiger partial charge is 0.433 e. The molecule has 0 aliphatic carbocycles. The summed E-state index contributed by atoms with van der Waals surface area (Å²) in [5.74, 6) is -1.36. The van der Waals surface area contributed by atoms with E-state index in [0.717, 1.165) is 6.07 Å². The lowest BCUT2D eigenvalue weighted by Crippen LogP contribution is -2.23. The van der Waals surface area contributed by atoms with Gasteiger partial charge in [-0.1, -0.05) is 0 Å². The predicted octanol–water partition coefficient (Wildman–Crippen LogP) is 2.14. The van der Waals surface area contributed by atoms with E-state index in [1.165, 1.54) is 6.07 Å². The van der Waals surface area contributed by atoms with E-state index >= 15 is 0 Å². The molecule has 6 nitrogen and oxygen atoms in total. The second-order valence-electron chi connectivity index (χ2n) is 3.90. The molecular formula is C9H11NO5. The minimum absolute atomic E-state index is 0.170. The SMILES string of the molecule is CC(C)(C)OC(=O)c1ccc([N+](=O)[O-])o1. The Kier molecular flexibility index (Phi) is 2.78. The maximum Gasteiger partial charge on any atom is 0.433 e. The first-order valence-corrected chi connectivity index (χ1v) is 4.27. The molecule has 15 heavy (non-hydrogen) atoms. The summed E-state index contributed by atoms with van der Waals surface area (Å²) in [6.45, 7) is 5.09. The standard InChI is InChI=1S/C9H11NO5/c1-9(2,3)15-8(11)6-4-5-7(14-6)10(12)13/h4-5H,1-3H3. The fourth-order valence-electron chi connectivity index (χ4n) is 0.864. The molecule has 0 aromatic carbocycles. The molecule has 1 heterocycles. The molecule has 0 aliphatic heterocycles. The highest BCUT2D eigenvalue weighted by Crippen LogP contribution is 2.18. The van der Waals surface area contributed by atoms with Gasteiger partial charge in [-0.2, -0.15) is 0 Å². The third-order valence-corrected chi connectivity index (χ3v) is 1.37. The number of carbonyl (C=O) groups excluding carboxylic acids is 1. The summed E-state index contributed by atoms with van der Waals surface area (Å²) >= 11 is 0. The number of furan rings is 1. The van der Waals surface area contributed by atoms with Gasteiger partial charge >= 0.3 is 11.9 Å². The second kappa shape index (κ2) is 3.72. The Balaban J connectivity index is 2.79. The van der Waals surface area contributed by atoms with Crippen LogP contribution in [0, 0.1) is 10.1 Å². The number of hydrogen-bond acceptors (Lipinski definition) is 5. The first kappa shape index (κ1) is 11.2. The van der Waals surface area contributed by atoms with Gasteiger partial charge in [0.25, 0.3) is 0 Å². The maximum absolute atomic E-state index is 11.4. The number of ether oxygens (including phenoxy) is 1. The van der Waals surface area contributed by atoms with Crippen LogP contribution in [0.3, 0.4) is 0 Å². The van der Waals surface area contributed by atoms with Gasteiger partial charge in [-0.3, -0.25) is 10.1 Å². The second-order valence-corrected chi connectivity index (χ2v) is 3.90. The van der Waals surface area contributed by atoms with Crippen molar-refractivity contribution in [2.24, 2.45) is 0 Å². The molecule has 0 saturated heterocycles. The van der Waals surface area contributed by atoms with Gasteiger partial charge in [-0.15, -0.1) is 0 Å². The highest BCUT2D eigenvalue weighted by Gasteiger charge is 2.23. The Morgan fingerprint density at radius 1 is 1.47 bits per heavy atom. The van der Waals surface area contributed by atoms with Crippen LogP contribution >= 0.6 is 0 Å². The highest BCUT2D eigenvalue weighted by atomic mass is 16.7. The Morgan fingerprint density at radius 2 is 2.07 bits per heavy atom. The molecule has 1 aromatic heterocycles. The number of rotatable bonds is 2. The Hall–Kier alpha value is -1.85. The van der Waals surface area contributed by atoms with E-state index in [0.29, 0.717) is 0 Å². The summed E-state index contributed by atoms with van der Waals surface area (Å²) in [6.07, 6.45) is 0. The fraction of sp³-hybridized carbons (Fsp3) is 0.444. The molecule has 82 valence electrons. The molecule has 0 unspecified atom stereocenters. The molecule has 0 aliphatic rings. The number of carbonyl (C=O) groups is 1. The molecule has 0 atom stereocenters. The van der Waals surface area contributed by atoms with E-state index < -0.39 is 22.4 Å². The fourth-order valence-corrected chi connectivity index (χ4v) is 0.864. The lowest BCUT2D eigenvalue weighted by molar-refractivity contribution is -0.402. The van der Waals surface area contributed by atoms with Crippen molar-refractivity contribution in [1.82, 2.24) is 0 Å². The van der Waals surface area contributed by atoms with Crippen molar-refractivity contribution in [2.45, 2.75) is 26.4 Å². The lowest BCUT2D eigenvalue weighted by atomic mass is 10.2. The van der Waals surface area contributed by atoms with Crippen molar-refractivity contribution in [3.63, 3.8) is 0 Å². The van der Waals surface area contributed by atoms with Gasteiger partial charge in [0.1, 0.15) is 10.5 Å². The van der Waals surface area contributed by atoms with E-state index in [1.807, 2.05) is 0 Å². The summed E-state index contributed by atoms with van der Waals surface area (Å²) < 4.78 is 9.64. The van der Waals surface area contributed by atoms with Gasteiger partial charge in [0.05, 0.1) is 6.07 Å². The minimum atomic E-state index is -0.714. The Morgan fingerprint density at radius 3 is 2.47 bits per heavy atom. The summed E-state index contributed by atoms with van der Waals surface area (Å²) in [7, 11) is 0. The maximum atomic E-state index is 11.4. The quantitative estimate of drug-likeness (QED) is 0.427.